The standard InChI is InChI=1S/C11H21NO.C7H15N/c1-11(2,3)10(13)9-12-7-5-4-6-8-12;1-2-8-6-4-3-5-7-8/h4-9H2,1-3H3;2-7H2,1H3. The molecule has 0 spiro atoms. The van der Waals surface area contributed by atoms with Gasteiger partial charge in [0.1, 0.15) is 0 Å². The van der Waals surface area contributed by atoms with Crippen molar-refractivity contribution in [3.05, 3.63) is 0 Å². The minimum Gasteiger partial charge on any atom is -0.304 e. The first kappa shape index (κ1) is 18.6. The van der Waals surface area contributed by atoms with Gasteiger partial charge in [-0.2, -0.15) is 0 Å². The molecular formula is C18H36N2O. The van der Waals surface area contributed by atoms with Crippen molar-refractivity contribution in [3.63, 3.8) is 0 Å². The first-order valence-corrected chi connectivity index (χ1v) is 8.91. The van der Waals surface area contributed by atoms with Gasteiger partial charge in [-0.15, -0.1) is 0 Å². The molecule has 2 aliphatic heterocycles. The highest BCUT2D eigenvalue weighted by atomic mass is 16.1. The van der Waals surface area contributed by atoms with E-state index in [1.807, 2.05) is 20.8 Å². The summed E-state index contributed by atoms with van der Waals surface area (Å²) in [6.45, 7) is 15.1. The van der Waals surface area contributed by atoms with Crippen LogP contribution in [-0.2, 0) is 4.79 Å². The third-order valence-electron chi connectivity index (χ3n) is 4.55. The lowest BCUT2D eigenvalue weighted by atomic mass is 9.90. The highest BCUT2D eigenvalue weighted by Gasteiger charge is 2.23. The Kier molecular flexibility index (Phi) is 8.50. The second kappa shape index (κ2) is 9.58. The van der Waals surface area contributed by atoms with Crippen LogP contribution in [0, 0.1) is 5.41 Å². The number of nitrogens with zero attached hydrogens (tertiary/aromatic N) is 2. The first-order chi connectivity index (χ1) is 9.93. The number of carbonyl (C=O) groups excluding carboxylic acids is 1. The summed E-state index contributed by atoms with van der Waals surface area (Å²) in [6.07, 6.45) is 8.16. The highest BCUT2D eigenvalue weighted by molar-refractivity contribution is 5.85. The molecule has 2 rings (SSSR count). The van der Waals surface area contributed by atoms with Crippen LogP contribution in [0.5, 0.6) is 0 Å². The Bertz CT molecular complexity index is 284. The summed E-state index contributed by atoms with van der Waals surface area (Å²) in [5, 5.41) is 0. The van der Waals surface area contributed by atoms with Gasteiger partial charge in [0, 0.05) is 5.41 Å². The summed E-state index contributed by atoms with van der Waals surface area (Å²) < 4.78 is 0. The van der Waals surface area contributed by atoms with Crippen molar-refractivity contribution in [3.8, 4) is 0 Å². The van der Waals surface area contributed by atoms with Crippen LogP contribution >= 0.6 is 0 Å². The third kappa shape index (κ3) is 7.96. The Morgan fingerprint density at radius 3 is 1.57 bits per heavy atom. The molecule has 3 heteroatoms. The fourth-order valence-electron chi connectivity index (χ4n) is 2.83. The first-order valence-electron chi connectivity index (χ1n) is 8.91. The molecular weight excluding hydrogens is 260 g/mol. The monoisotopic (exact) mass is 296 g/mol. The lowest BCUT2D eigenvalue weighted by molar-refractivity contribution is -0.127. The highest BCUT2D eigenvalue weighted by Crippen LogP contribution is 2.17. The van der Waals surface area contributed by atoms with E-state index in [9.17, 15) is 4.79 Å². The number of carbonyl (C=O) groups is 1. The molecule has 0 aromatic heterocycles. The average Bonchev–Trinajstić information content (AvgIpc) is 2.49. The molecule has 0 aliphatic carbocycles. The van der Waals surface area contributed by atoms with Crippen LogP contribution in [0.1, 0.15) is 66.2 Å². The summed E-state index contributed by atoms with van der Waals surface area (Å²) in [6, 6.07) is 0. The Balaban J connectivity index is 0.000000235. The third-order valence-corrected chi connectivity index (χ3v) is 4.55. The van der Waals surface area contributed by atoms with Crippen molar-refractivity contribution in [2.24, 2.45) is 5.41 Å². The summed E-state index contributed by atoms with van der Waals surface area (Å²) in [4.78, 5) is 16.5. The van der Waals surface area contributed by atoms with E-state index in [1.165, 1.54) is 58.2 Å². The second-order valence-corrected chi connectivity index (χ2v) is 7.50. The van der Waals surface area contributed by atoms with E-state index in [0.29, 0.717) is 12.3 Å². The van der Waals surface area contributed by atoms with Crippen LogP contribution in [0.4, 0.5) is 0 Å². The summed E-state index contributed by atoms with van der Waals surface area (Å²) in [5.74, 6) is 0.370. The molecule has 0 amide bonds. The lowest BCUT2D eigenvalue weighted by Gasteiger charge is -2.28. The number of likely N-dealkylation sites (tertiary alicyclic amines) is 2. The van der Waals surface area contributed by atoms with Gasteiger partial charge >= 0.3 is 0 Å². The second-order valence-electron chi connectivity index (χ2n) is 7.50. The molecule has 0 unspecified atom stereocenters. The number of piperidine rings is 2. The largest absolute Gasteiger partial charge is 0.304 e. The molecule has 0 N–H and O–H groups in total. The molecule has 0 saturated carbocycles. The molecule has 0 radical (unpaired) electrons. The van der Waals surface area contributed by atoms with Crippen molar-refractivity contribution >= 4 is 5.78 Å². The zero-order valence-corrected chi connectivity index (χ0v) is 14.8. The molecule has 2 fully saturated rings. The predicted molar refractivity (Wildman–Crippen MR) is 90.7 cm³/mol. The van der Waals surface area contributed by atoms with Gasteiger partial charge in [0.2, 0.25) is 0 Å². The molecule has 21 heavy (non-hydrogen) atoms. The van der Waals surface area contributed by atoms with E-state index in [2.05, 4.69) is 16.7 Å². The van der Waals surface area contributed by atoms with Crippen LogP contribution < -0.4 is 0 Å². The average molecular weight is 296 g/mol. The van der Waals surface area contributed by atoms with E-state index in [1.54, 1.807) is 0 Å². The zero-order chi connectivity index (χ0) is 15.7. The maximum absolute atomic E-state index is 11.7. The fourth-order valence-corrected chi connectivity index (χ4v) is 2.83. The topological polar surface area (TPSA) is 23.6 Å². The maximum atomic E-state index is 11.7. The van der Waals surface area contributed by atoms with Crippen LogP contribution in [0.2, 0.25) is 0 Å². The maximum Gasteiger partial charge on any atom is 0.152 e. The van der Waals surface area contributed by atoms with Crippen LogP contribution in [0.25, 0.3) is 0 Å². The molecule has 0 atom stereocenters. The van der Waals surface area contributed by atoms with Crippen molar-refractivity contribution in [2.75, 3.05) is 39.3 Å². The summed E-state index contributed by atoms with van der Waals surface area (Å²) >= 11 is 0. The van der Waals surface area contributed by atoms with E-state index >= 15 is 0 Å². The molecule has 0 bridgehead atoms. The summed E-state index contributed by atoms with van der Waals surface area (Å²) in [7, 11) is 0. The lowest BCUT2D eigenvalue weighted by Crippen LogP contribution is -2.38. The van der Waals surface area contributed by atoms with Gasteiger partial charge in [0.25, 0.3) is 0 Å². The van der Waals surface area contributed by atoms with Crippen molar-refractivity contribution < 1.29 is 4.79 Å². The van der Waals surface area contributed by atoms with Gasteiger partial charge in [-0.3, -0.25) is 9.69 Å². The van der Waals surface area contributed by atoms with Gasteiger partial charge in [0.05, 0.1) is 6.54 Å². The Morgan fingerprint density at radius 1 is 0.810 bits per heavy atom. The van der Waals surface area contributed by atoms with E-state index in [-0.39, 0.29) is 5.41 Å². The van der Waals surface area contributed by atoms with Crippen LogP contribution in [0.15, 0.2) is 0 Å². The number of ketones is 1. The number of hydrogen-bond donors (Lipinski definition) is 0. The zero-order valence-electron chi connectivity index (χ0n) is 14.8. The molecule has 2 aliphatic rings. The quantitative estimate of drug-likeness (QED) is 0.795. The fraction of sp³-hybridized carbons (Fsp3) is 0.944. The number of hydrogen-bond acceptors (Lipinski definition) is 3. The SMILES string of the molecule is CC(C)(C)C(=O)CN1CCCCC1.CCN1CCCCC1. The van der Waals surface area contributed by atoms with Gasteiger partial charge in [0.15, 0.2) is 5.78 Å². The van der Waals surface area contributed by atoms with Gasteiger partial charge < -0.3 is 4.90 Å². The van der Waals surface area contributed by atoms with E-state index < -0.39 is 0 Å². The molecule has 0 aromatic rings. The minimum atomic E-state index is -0.169. The molecule has 2 saturated heterocycles. The Hall–Kier alpha value is -0.410. The number of Topliss-reactive ketones (excluding diaryl/α,β-unsaturated/α-hetero) is 1. The summed E-state index contributed by atoms with van der Waals surface area (Å²) in [5.41, 5.74) is -0.169. The Morgan fingerprint density at radius 2 is 1.24 bits per heavy atom. The van der Waals surface area contributed by atoms with Crippen LogP contribution in [-0.4, -0.2) is 54.9 Å². The van der Waals surface area contributed by atoms with Crippen molar-refractivity contribution in [1.29, 1.82) is 0 Å². The molecule has 124 valence electrons. The van der Waals surface area contributed by atoms with E-state index in [4.69, 9.17) is 0 Å². The van der Waals surface area contributed by atoms with Gasteiger partial charge in [-0.05, 0) is 58.4 Å². The normalized spacial score (nSPS) is 21.5. The predicted octanol–water partition coefficient (Wildman–Crippen LogP) is 3.58. The molecule has 2 heterocycles. The van der Waals surface area contributed by atoms with Crippen LogP contribution in [0.3, 0.4) is 0 Å². The van der Waals surface area contributed by atoms with Gasteiger partial charge in [-0.25, -0.2) is 0 Å². The molecule has 3 nitrogen and oxygen atoms in total. The van der Waals surface area contributed by atoms with Gasteiger partial charge in [-0.1, -0.05) is 40.5 Å². The van der Waals surface area contributed by atoms with E-state index in [0.717, 1.165) is 13.1 Å². The van der Waals surface area contributed by atoms with Crippen molar-refractivity contribution in [1.82, 2.24) is 9.80 Å². The van der Waals surface area contributed by atoms with Crippen molar-refractivity contribution in [2.45, 2.75) is 66.2 Å². The molecule has 0 aromatic carbocycles. The number of rotatable bonds is 3. The minimum absolute atomic E-state index is 0.169. The Labute approximate surface area is 132 Å². The smallest absolute Gasteiger partial charge is 0.152 e.